The van der Waals surface area contributed by atoms with Crippen molar-refractivity contribution >= 4 is 22.0 Å². The van der Waals surface area contributed by atoms with E-state index in [-0.39, 0.29) is 6.54 Å². The summed E-state index contributed by atoms with van der Waals surface area (Å²) >= 11 is 3.28. The minimum atomic E-state index is -1.25. The molecule has 0 atom stereocenters. The molecule has 0 radical (unpaired) electrons. The predicted octanol–water partition coefficient (Wildman–Crippen LogP) is 0.882. The third-order valence-corrected chi connectivity index (χ3v) is 1.82. The Balaban J connectivity index is 2.57. The summed E-state index contributed by atoms with van der Waals surface area (Å²) in [5, 5.41) is 12.2. The lowest BCUT2D eigenvalue weighted by molar-refractivity contribution is -0.251. The molecule has 1 aromatic carbocycles. The number of hydrogen-bond donors (Lipinski definition) is 1. The molecule has 0 saturated carbocycles. The zero-order valence-corrected chi connectivity index (χ0v) is 7.80. The number of benzene rings is 1. The molecule has 0 bridgehead atoms. The van der Waals surface area contributed by atoms with Crippen molar-refractivity contribution in [1.82, 2.24) is 5.32 Å². The summed E-state index contributed by atoms with van der Waals surface area (Å²) in [4.78, 5) is 10.0. The molecule has 1 rings (SSSR count). The second kappa shape index (κ2) is 4.11. The van der Waals surface area contributed by atoms with Gasteiger partial charge in [-0.2, -0.15) is 0 Å². The molecule has 1 amide bonds. The van der Waals surface area contributed by atoms with E-state index < -0.39 is 6.09 Å². The zero-order chi connectivity index (χ0) is 8.97. The molecule has 0 fully saturated rings. The van der Waals surface area contributed by atoms with E-state index in [0.29, 0.717) is 0 Å². The van der Waals surface area contributed by atoms with Crippen LogP contribution in [0.1, 0.15) is 5.56 Å². The fourth-order valence-corrected chi connectivity index (χ4v) is 1.27. The lowest BCUT2D eigenvalue weighted by atomic mass is 10.2. The molecule has 1 N–H and O–H groups in total. The average Bonchev–Trinajstić information content (AvgIpc) is 2.01. The SMILES string of the molecule is O=C([O-])NCc1cccc(Br)c1. The fraction of sp³-hybridized carbons (Fsp3) is 0.125. The van der Waals surface area contributed by atoms with Gasteiger partial charge in [0.25, 0.3) is 0 Å². The largest absolute Gasteiger partial charge is 0.530 e. The van der Waals surface area contributed by atoms with E-state index in [1.165, 1.54) is 0 Å². The van der Waals surface area contributed by atoms with E-state index in [1.54, 1.807) is 0 Å². The highest BCUT2D eigenvalue weighted by Gasteiger charge is 1.92. The van der Waals surface area contributed by atoms with Crippen LogP contribution >= 0.6 is 15.9 Å². The molecule has 12 heavy (non-hydrogen) atoms. The first-order valence-electron chi connectivity index (χ1n) is 3.38. The van der Waals surface area contributed by atoms with E-state index in [0.717, 1.165) is 10.0 Å². The van der Waals surface area contributed by atoms with Crippen LogP contribution in [0.3, 0.4) is 0 Å². The Morgan fingerprint density at radius 2 is 2.33 bits per heavy atom. The normalized spacial score (nSPS) is 9.42. The molecule has 0 spiro atoms. The molecule has 0 aromatic heterocycles. The molecule has 1 aromatic rings. The Labute approximate surface area is 78.5 Å². The van der Waals surface area contributed by atoms with Gasteiger partial charge in [-0.1, -0.05) is 28.1 Å². The Morgan fingerprint density at radius 1 is 1.58 bits per heavy atom. The monoisotopic (exact) mass is 228 g/mol. The van der Waals surface area contributed by atoms with Gasteiger partial charge in [0.2, 0.25) is 0 Å². The molecule has 0 aliphatic carbocycles. The van der Waals surface area contributed by atoms with Gasteiger partial charge in [-0.25, -0.2) is 0 Å². The topological polar surface area (TPSA) is 52.2 Å². The summed E-state index contributed by atoms with van der Waals surface area (Å²) in [6.07, 6.45) is -1.25. The summed E-state index contributed by atoms with van der Waals surface area (Å²) in [5.41, 5.74) is 0.897. The lowest BCUT2D eigenvalue weighted by Gasteiger charge is -2.05. The lowest BCUT2D eigenvalue weighted by Crippen LogP contribution is -2.35. The predicted molar refractivity (Wildman–Crippen MR) is 46.4 cm³/mol. The Kier molecular flexibility index (Phi) is 3.10. The molecule has 0 aliphatic heterocycles. The Morgan fingerprint density at radius 3 is 2.92 bits per heavy atom. The molecule has 0 saturated heterocycles. The third-order valence-electron chi connectivity index (χ3n) is 1.33. The van der Waals surface area contributed by atoms with Gasteiger partial charge in [0.1, 0.15) is 6.09 Å². The van der Waals surface area contributed by atoms with Gasteiger partial charge >= 0.3 is 0 Å². The van der Waals surface area contributed by atoms with Crippen LogP contribution in [0, 0.1) is 0 Å². The number of carbonyl (C=O) groups excluding carboxylic acids is 1. The number of hydrogen-bond acceptors (Lipinski definition) is 2. The van der Waals surface area contributed by atoms with Crippen molar-refractivity contribution in [2.24, 2.45) is 0 Å². The maximum Gasteiger partial charge on any atom is 0.134 e. The first kappa shape index (κ1) is 9.06. The van der Waals surface area contributed by atoms with Crippen LogP contribution in [-0.4, -0.2) is 6.09 Å². The number of carbonyl (C=O) groups is 1. The van der Waals surface area contributed by atoms with Crippen LogP contribution in [0.15, 0.2) is 28.7 Å². The molecule has 4 heteroatoms. The summed E-state index contributed by atoms with van der Waals surface area (Å²) in [5.74, 6) is 0. The summed E-state index contributed by atoms with van der Waals surface area (Å²) in [6, 6.07) is 7.40. The number of rotatable bonds is 2. The number of halogens is 1. The maximum absolute atomic E-state index is 10.0. The van der Waals surface area contributed by atoms with Gasteiger partial charge in [-0.3, -0.25) is 0 Å². The average molecular weight is 229 g/mol. The van der Waals surface area contributed by atoms with E-state index in [9.17, 15) is 9.90 Å². The van der Waals surface area contributed by atoms with Crippen LogP contribution in [0.2, 0.25) is 0 Å². The van der Waals surface area contributed by atoms with Crippen LogP contribution < -0.4 is 10.4 Å². The molecule has 0 heterocycles. The summed E-state index contributed by atoms with van der Waals surface area (Å²) in [7, 11) is 0. The number of amides is 1. The third kappa shape index (κ3) is 2.92. The number of nitrogens with one attached hydrogen (secondary N) is 1. The minimum absolute atomic E-state index is 0.280. The summed E-state index contributed by atoms with van der Waals surface area (Å²) < 4.78 is 0.931. The number of carboxylic acid groups (broad SMARTS) is 1. The molecule has 3 nitrogen and oxygen atoms in total. The minimum Gasteiger partial charge on any atom is -0.530 e. The summed E-state index contributed by atoms with van der Waals surface area (Å²) in [6.45, 7) is 0.280. The Bertz CT molecular complexity index is 288. The fourth-order valence-electron chi connectivity index (χ4n) is 0.821. The quantitative estimate of drug-likeness (QED) is 0.818. The van der Waals surface area contributed by atoms with Crippen molar-refractivity contribution in [3.05, 3.63) is 34.3 Å². The van der Waals surface area contributed by atoms with E-state index in [4.69, 9.17) is 0 Å². The van der Waals surface area contributed by atoms with Crippen molar-refractivity contribution in [2.45, 2.75) is 6.54 Å². The van der Waals surface area contributed by atoms with E-state index in [1.807, 2.05) is 24.3 Å². The maximum atomic E-state index is 10.0. The molecule has 0 aliphatic rings. The Hall–Kier alpha value is -1.03. The highest BCUT2D eigenvalue weighted by atomic mass is 79.9. The van der Waals surface area contributed by atoms with Gasteiger partial charge in [-0.05, 0) is 17.7 Å². The van der Waals surface area contributed by atoms with Crippen LogP contribution in [0.5, 0.6) is 0 Å². The molecule has 64 valence electrons. The smallest absolute Gasteiger partial charge is 0.134 e. The van der Waals surface area contributed by atoms with E-state index in [2.05, 4.69) is 21.2 Å². The van der Waals surface area contributed by atoms with Crippen molar-refractivity contribution in [3.8, 4) is 0 Å². The molecule has 0 unspecified atom stereocenters. The van der Waals surface area contributed by atoms with Crippen LogP contribution in [-0.2, 0) is 6.54 Å². The zero-order valence-electron chi connectivity index (χ0n) is 6.21. The second-order valence-corrected chi connectivity index (χ2v) is 3.19. The first-order chi connectivity index (χ1) is 5.68. The van der Waals surface area contributed by atoms with Gasteiger partial charge in [0, 0.05) is 11.0 Å². The van der Waals surface area contributed by atoms with Crippen molar-refractivity contribution in [1.29, 1.82) is 0 Å². The second-order valence-electron chi connectivity index (χ2n) is 2.27. The highest BCUT2D eigenvalue weighted by molar-refractivity contribution is 9.10. The standard InChI is InChI=1S/C8H8BrNO2/c9-7-3-1-2-6(4-7)5-10-8(11)12/h1-4,10H,5H2,(H,11,12)/p-1. The first-order valence-corrected chi connectivity index (χ1v) is 4.17. The van der Waals surface area contributed by atoms with Crippen molar-refractivity contribution in [2.75, 3.05) is 0 Å². The van der Waals surface area contributed by atoms with E-state index >= 15 is 0 Å². The van der Waals surface area contributed by atoms with Crippen LogP contribution in [0.4, 0.5) is 4.79 Å². The van der Waals surface area contributed by atoms with Crippen molar-refractivity contribution < 1.29 is 9.90 Å². The highest BCUT2D eigenvalue weighted by Crippen LogP contribution is 2.10. The van der Waals surface area contributed by atoms with Gasteiger partial charge < -0.3 is 15.2 Å². The molecular formula is C8H7BrNO2-. The molecular weight excluding hydrogens is 222 g/mol. The van der Waals surface area contributed by atoms with Crippen LogP contribution in [0.25, 0.3) is 0 Å². The van der Waals surface area contributed by atoms with Crippen molar-refractivity contribution in [3.63, 3.8) is 0 Å². The van der Waals surface area contributed by atoms with Gasteiger partial charge in [-0.15, -0.1) is 0 Å². The van der Waals surface area contributed by atoms with Gasteiger partial charge in [0.05, 0.1) is 0 Å². The van der Waals surface area contributed by atoms with Gasteiger partial charge in [0.15, 0.2) is 0 Å².